The van der Waals surface area contributed by atoms with E-state index < -0.39 is 5.60 Å². The number of esters is 1. The lowest BCUT2D eigenvalue weighted by Crippen LogP contribution is -2.27. The summed E-state index contributed by atoms with van der Waals surface area (Å²) in [5.74, 6) is -0.190. The minimum Gasteiger partial charge on any atom is -0.464 e. The molecule has 0 radical (unpaired) electrons. The molecule has 1 aromatic rings. The monoisotopic (exact) mass is 248 g/mol. The Bertz CT molecular complexity index is 382. The predicted molar refractivity (Wildman–Crippen MR) is 69.3 cm³/mol. The van der Waals surface area contributed by atoms with Gasteiger partial charge < -0.3 is 9.47 Å². The summed E-state index contributed by atoms with van der Waals surface area (Å²) in [7, 11) is 0. The van der Waals surface area contributed by atoms with Crippen molar-refractivity contribution in [3.05, 3.63) is 35.9 Å². The Morgan fingerprint density at radius 2 is 2.06 bits per heavy atom. The summed E-state index contributed by atoms with van der Waals surface area (Å²) in [5, 5.41) is 0. The Morgan fingerprint density at radius 1 is 1.33 bits per heavy atom. The summed E-state index contributed by atoms with van der Waals surface area (Å²) in [6, 6.07) is 10.4. The Labute approximate surface area is 108 Å². The number of benzene rings is 1. The van der Waals surface area contributed by atoms with E-state index in [9.17, 15) is 4.79 Å². The van der Waals surface area contributed by atoms with Crippen LogP contribution in [0.25, 0.3) is 0 Å². The molecule has 0 amide bonds. The summed E-state index contributed by atoms with van der Waals surface area (Å²) >= 11 is 0. The van der Waals surface area contributed by atoms with E-state index in [1.807, 2.05) is 13.0 Å². The lowest BCUT2D eigenvalue weighted by molar-refractivity contribution is -0.149. The fraction of sp³-hybridized carbons (Fsp3) is 0.533. The molecule has 1 aliphatic heterocycles. The number of carbonyl (C=O) groups excluding carboxylic acids is 1. The zero-order valence-corrected chi connectivity index (χ0v) is 10.9. The van der Waals surface area contributed by atoms with Crippen molar-refractivity contribution in [1.82, 2.24) is 0 Å². The zero-order valence-electron chi connectivity index (χ0n) is 10.9. The Kier molecular flexibility index (Phi) is 4.37. The van der Waals surface area contributed by atoms with Gasteiger partial charge in [-0.1, -0.05) is 30.3 Å². The molecule has 1 atom stereocenters. The molecule has 0 N–H and O–H groups in total. The maximum Gasteiger partial charge on any atom is 0.340 e. The number of hydrogen-bond acceptors (Lipinski definition) is 3. The quantitative estimate of drug-likeness (QED) is 0.423. The molecule has 0 saturated carbocycles. The summed E-state index contributed by atoms with van der Waals surface area (Å²) in [6.07, 6.45) is 3.90. The highest BCUT2D eigenvalue weighted by atomic mass is 16.6. The predicted octanol–water partition coefficient (Wildman–Crippen LogP) is 2.73. The highest BCUT2D eigenvalue weighted by Gasteiger charge is 2.52. The van der Waals surface area contributed by atoms with Gasteiger partial charge in [-0.3, -0.25) is 0 Å². The maximum absolute atomic E-state index is 11.6. The molecule has 1 aromatic carbocycles. The first-order valence-electron chi connectivity index (χ1n) is 6.62. The van der Waals surface area contributed by atoms with Crippen LogP contribution >= 0.6 is 0 Å². The van der Waals surface area contributed by atoms with Crippen LogP contribution in [0.4, 0.5) is 0 Å². The third-order valence-electron chi connectivity index (χ3n) is 3.28. The van der Waals surface area contributed by atoms with Crippen molar-refractivity contribution in [1.29, 1.82) is 0 Å². The van der Waals surface area contributed by atoms with Crippen LogP contribution in [0.15, 0.2) is 30.3 Å². The topological polar surface area (TPSA) is 38.8 Å². The molecule has 0 aromatic heterocycles. The molecule has 3 nitrogen and oxygen atoms in total. The van der Waals surface area contributed by atoms with E-state index >= 15 is 0 Å². The number of carbonyl (C=O) groups is 1. The van der Waals surface area contributed by atoms with Crippen LogP contribution in [0.2, 0.25) is 0 Å². The van der Waals surface area contributed by atoms with Gasteiger partial charge in [0.25, 0.3) is 0 Å². The van der Waals surface area contributed by atoms with Crippen molar-refractivity contribution >= 4 is 5.97 Å². The van der Waals surface area contributed by atoms with E-state index in [2.05, 4.69) is 24.3 Å². The van der Waals surface area contributed by atoms with Gasteiger partial charge in [-0.05, 0) is 38.2 Å². The molecular weight excluding hydrogens is 228 g/mol. The van der Waals surface area contributed by atoms with Crippen LogP contribution in [0.1, 0.15) is 31.7 Å². The SMILES string of the molecule is CCOC(=O)[C@]1(CCCCc2ccccc2)CO1. The smallest absolute Gasteiger partial charge is 0.340 e. The second kappa shape index (κ2) is 6.01. The minimum atomic E-state index is -0.604. The average molecular weight is 248 g/mol. The van der Waals surface area contributed by atoms with Crippen molar-refractivity contribution in [2.45, 2.75) is 38.2 Å². The normalized spacial score (nSPS) is 21.6. The van der Waals surface area contributed by atoms with Crippen LogP contribution in [-0.2, 0) is 20.7 Å². The number of unbranched alkanes of at least 4 members (excludes halogenated alkanes) is 1. The first-order valence-corrected chi connectivity index (χ1v) is 6.62. The lowest BCUT2D eigenvalue weighted by atomic mass is 10.0. The van der Waals surface area contributed by atoms with E-state index in [-0.39, 0.29) is 5.97 Å². The summed E-state index contributed by atoms with van der Waals surface area (Å²) in [6.45, 7) is 2.77. The van der Waals surface area contributed by atoms with Gasteiger partial charge in [0, 0.05) is 0 Å². The summed E-state index contributed by atoms with van der Waals surface area (Å²) in [5.41, 5.74) is 0.742. The fourth-order valence-corrected chi connectivity index (χ4v) is 2.10. The van der Waals surface area contributed by atoms with E-state index in [4.69, 9.17) is 9.47 Å². The Balaban J connectivity index is 1.68. The summed E-state index contributed by atoms with van der Waals surface area (Å²) in [4.78, 5) is 11.6. The van der Waals surface area contributed by atoms with Crippen molar-refractivity contribution < 1.29 is 14.3 Å². The van der Waals surface area contributed by atoms with Crippen molar-refractivity contribution in [3.8, 4) is 0 Å². The molecule has 0 unspecified atom stereocenters. The number of aryl methyl sites for hydroxylation is 1. The van der Waals surface area contributed by atoms with Gasteiger partial charge in [-0.15, -0.1) is 0 Å². The van der Waals surface area contributed by atoms with Gasteiger partial charge in [0.15, 0.2) is 5.60 Å². The van der Waals surface area contributed by atoms with Crippen molar-refractivity contribution in [2.75, 3.05) is 13.2 Å². The summed E-state index contributed by atoms with van der Waals surface area (Å²) < 4.78 is 10.3. The van der Waals surface area contributed by atoms with Crippen molar-refractivity contribution in [3.63, 3.8) is 0 Å². The molecule has 1 saturated heterocycles. The molecule has 1 fully saturated rings. The zero-order chi connectivity index (χ0) is 12.8. The molecule has 0 aliphatic carbocycles. The molecular formula is C15H20O3. The van der Waals surface area contributed by atoms with Crippen LogP contribution in [0, 0.1) is 0 Å². The van der Waals surface area contributed by atoms with Gasteiger partial charge in [-0.2, -0.15) is 0 Å². The lowest BCUT2D eigenvalue weighted by Gasteiger charge is -2.10. The van der Waals surface area contributed by atoms with Crippen LogP contribution in [0.5, 0.6) is 0 Å². The molecule has 98 valence electrons. The molecule has 18 heavy (non-hydrogen) atoms. The third-order valence-corrected chi connectivity index (χ3v) is 3.28. The molecule has 2 rings (SSSR count). The standard InChI is InChI=1S/C15H20O3/c1-2-17-14(16)15(12-18-15)11-7-6-10-13-8-4-3-5-9-13/h3-5,8-9H,2,6-7,10-12H2,1H3/t15-/m0/s1. The molecule has 1 heterocycles. The Hall–Kier alpha value is -1.35. The highest BCUT2D eigenvalue weighted by Crippen LogP contribution is 2.34. The van der Waals surface area contributed by atoms with E-state index in [0.29, 0.717) is 13.2 Å². The molecule has 0 bridgehead atoms. The van der Waals surface area contributed by atoms with E-state index in [1.54, 1.807) is 0 Å². The van der Waals surface area contributed by atoms with Gasteiger partial charge in [0.2, 0.25) is 0 Å². The van der Waals surface area contributed by atoms with Crippen LogP contribution < -0.4 is 0 Å². The maximum atomic E-state index is 11.6. The first kappa shape index (κ1) is 13.1. The number of ether oxygens (including phenoxy) is 2. The van der Waals surface area contributed by atoms with Crippen molar-refractivity contribution in [2.24, 2.45) is 0 Å². The third kappa shape index (κ3) is 3.33. The average Bonchev–Trinajstić information content (AvgIpc) is 3.18. The Morgan fingerprint density at radius 3 is 2.67 bits per heavy atom. The number of epoxide rings is 1. The second-order valence-corrected chi connectivity index (χ2v) is 4.70. The highest BCUT2D eigenvalue weighted by molar-refractivity contribution is 5.82. The largest absolute Gasteiger partial charge is 0.464 e. The molecule has 1 aliphatic rings. The molecule has 3 heteroatoms. The molecule has 0 spiro atoms. The number of hydrogen-bond donors (Lipinski definition) is 0. The van der Waals surface area contributed by atoms with Gasteiger partial charge >= 0.3 is 5.97 Å². The fourth-order valence-electron chi connectivity index (χ4n) is 2.10. The van der Waals surface area contributed by atoms with E-state index in [0.717, 1.165) is 25.7 Å². The first-order chi connectivity index (χ1) is 8.77. The van der Waals surface area contributed by atoms with Gasteiger partial charge in [0.1, 0.15) is 0 Å². The van der Waals surface area contributed by atoms with Crippen LogP contribution in [0.3, 0.4) is 0 Å². The van der Waals surface area contributed by atoms with E-state index in [1.165, 1.54) is 5.56 Å². The number of rotatable bonds is 7. The van der Waals surface area contributed by atoms with Crippen LogP contribution in [-0.4, -0.2) is 24.8 Å². The second-order valence-electron chi connectivity index (χ2n) is 4.70. The minimum absolute atomic E-state index is 0.190. The van der Waals surface area contributed by atoms with Gasteiger partial charge in [0.05, 0.1) is 13.2 Å². The van der Waals surface area contributed by atoms with Gasteiger partial charge in [-0.25, -0.2) is 4.79 Å².